The Hall–Kier alpha value is -3.55. The summed E-state index contributed by atoms with van der Waals surface area (Å²) in [5.41, 5.74) is 11.1. The number of amides is 1. The molecule has 0 radical (unpaired) electrons. The Balaban J connectivity index is 1.69. The Bertz CT molecular complexity index is 1420. The van der Waals surface area contributed by atoms with Crippen LogP contribution in [-0.2, 0) is 13.0 Å². The van der Waals surface area contributed by atoms with E-state index in [1.165, 1.54) is 0 Å². The van der Waals surface area contributed by atoms with E-state index in [0.717, 1.165) is 47.3 Å². The minimum absolute atomic E-state index is 0.0261. The summed E-state index contributed by atoms with van der Waals surface area (Å²) in [6.45, 7) is 0.836. The third kappa shape index (κ3) is 9.51. The van der Waals surface area contributed by atoms with Crippen molar-refractivity contribution in [1.29, 1.82) is 0 Å². The lowest BCUT2D eigenvalue weighted by molar-refractivity contribution is 0.00678. The van der Waals surface area contributed by atoms with Gasteiger partial charge in [-0.3, -0.25) is 10.1 Å². The van der Waals surface area contributed by atoms with Gasteiger partial charge in [0.1, 0.15) is 5.75 Å². The number of para-hydroxylation sites is 1. The predicted molar refractivity (Wildman–Crippen MR) is 184 cm³/mol. The number of anilines is 1. The van der Waals surface area contributed by atoms with E-state index in [1.807, 2.05) is 68.7 Å². The summed E-state index contributed by atoms with van der Waals surface area (Å²) in [7, 11) is 5.57. The minimum atomic E-state index is -1.17. The molecule has 1 amide bonds. The van der Waals surface area contributed by atoms with Gasteiger partial charge in [-0.1, -0.05) is 48.5 Å². The van der Waals surface area contributed by atoms with Gasteiger partial charge in [0.15, 0.2) is 0 Å². The van der Waals surface area contributed by atoms with Crippen molar-refractivity contribution in [3.8, 4) is 16.9 Å². The van der Waals surface area contributed by atoms with Crippen molar-refractivity contribution in [1.82, 2.24) is 15.5 Å². The quantitative estimate of drug-likeness (QED) is 0.107. The van der Waals surface area contributed by atoms with Crippen LogP contribution < -0.4 is 26.0 Å². The second kappa shape index (κ2) is 17.6. The number of methoxy groups -OCH3 is 1. The summed E-state index contributed by atoms with van der Waals surface area (Å²) < 4.78 is 5.92. The van der Waals surface area contributed by atoms with Gasteiger partial charge in [0.05, 0.1) is 45.2 Å². The summed E-state index contributed by atoms with van der Waals surface area (Å²) in [5.74, 6) is -0.352. The van der Waals surface area contributed by atoms with E-state index in [0.29, 0.717) is 24.3 Å². The predicted octanol–water partition coefficient (Wildman–Crippen LogP) is 1.56. The second-order valence-corrected chi connectivity index (χ2v) is 12.6. The molecule has 3 aromatic carbocycles. The molecule has 1 aliphatic rings. The molecule has 1 aliphatic heterocycles. The zero-order valence-corrected chi connectivity index (χ0v) is 27.7. The number of likely N-dealkylation sites (N-methyl/N-ethyl adjacent to an activating group) is 1. The Morgan fingerprint density at radius 3 is 2.49 bits per heavy atom. The van der Waals surface area contributed by atoms with Crippen LogP contribution in [0.1, 0.15) is 34.3 Å². The first kappa shape index (κ1) is 36.3. The molecule has 5 unspecified atom stereocenters. The molecular weight excluding hydrogens is 598 g/mol. The molecule has 1 heterocycles. The molecular formula is C36H51N5O6. The number of nitrogens with one attached hydrogen (secondary N) is 2. The van der Waals surface area contributed by atoms with Crippen LogP contribution in [0, 0.1) is 5.92 Å². The lowest BCUT2D eigenvalue weighted by Gasteiger charge is -2.28. The molecule has 1 saturated heterocycles. The number of hydrogen-bond donors (Lipinski definition) is 7. The number of rotatable bonds is 17. The minimum Gasteiger partial charge on any atom is -0.496 e. The van der Waals surface area contributed by atoms with E-state index >= 15 is 0 Å². The molecule has 3 aromatic rings. The van der Waals surface area contributed by atoms with Crippen molar-refractivity contribution >= 4 is 11.6 Å². The molecule has 1 fully saturated rings. The Labute approximate surface area is 278 Å². The lowest BCUT2D eigenvalue weighted by Crippen LogP contribution is -2.50. The first-order valence-corrected chi connectivity index (χ1v) is 16.3. The van der Waals surface area contributed by atoms with Crippen LogP contribution in [-0.4, -0.2) is 110 Å². The van der Waals surface area contributed by atoms with Crippen LogP contribution in [0.4, 0.5) is 5.69 Å². The average Bonchev–Trinajstić information content (AvgIpc) is 3.56. The number of carbonyl (C=O) groups is 1. The zero-order valence-electron chi connectivity index (χ0n) is 27.7. The molecule has 0 aromatic heterocycles. The molecule has 4 rings (SSSR count). The third-order valence-electron chi connectivity index (χ3n) is 8.84. The molecule has 5 atom stereocenters. The number of hydrogen-bond acceptors (Lipinski definition) is 10. The van der Waals surface area contributed by atoms with Crippen LogP contribution >= 0.6 is 0 Å². The summed E-state index contributed by atoms with van der Waals surface area (Å²) >= 11 is 0. The van der Waals surface area contributed by atoms with Gasteiger partial charge in [-0.15, -0.1) is 0 Å². The number of aliphatic hydroxyl groups excluding tert-OH is 4. The zero-order chi connectivity index (χ0) is 33.9. The number of ether oxygens (including phenoxy) is 1. The van der Waals surface area contributed by atoms with Crippen LogP contribution in [0.15, 0.2) is 66.7 Å². The van der Waals surface area contributed by atoms with E-state index in [9.17, 15) is 25.2 Å². The van der Waals surface area contributed by atoms with Crippen LogP contribution in [0.25, 0.3) is 11.1 Å². The molecule has 8 N–H and O–H groups in total. The highest BCUT2D eigenvalue weighted by Gasteiger charge is 2.27. The SMILES string of the molecule is COc1c(CNC(N)C(CO)C(O)CO)cccc1-c1cc(C(=O)NC(Cc2ccccc2)CN(C)C)cc(N2CCCC2CO)c1. The largest absolute Gasteiger partial charge is 0.496 e. The van der Waals surface area contributed by atoms with Crippen molar-refractivity contribution < 1.29 is 30.0 Å². The van der Waals surface area contributed by atoms with Crippen LogP contribution in [0.2, 0.25) is 0 Å². The Morgan fingerprint density at radius 2 is 1.83 bits per heavy atom. The number of carbonyl (C=O) groups excluding carboxylic acids is 1. The summed E-state index contributed by atoms with van der Waals surface area (Å²) in [6, 6.07) is 21.5. The van der Waals surface area contributed by atoms with Gasteiger partial charge in [0.25, 0.3) is 5.91 Å². The van der Waals surface area contributed by atoms with E-state index in [-0.39, 0.29) is 31.1 Å². The van der Waals surface area contributed by atoms with Crippen LogP contribution in [0.5, 0.6) is 5.75 Å². The van der Waals surface area contributed by atoms with Gasteiger partial charge in [-0.25, -0.2) is 0 Å². The van der Waals surface area contributed by atoms with E-state index in [4.69, 9.17) is 10.5 Å². The maximum atomic E-state index is 14.0. The van der Waals surface area contributed by atoms with Crippen molar-refractivity contribution in [2.45, 2.75) is 50.2 Å². The highest BCUT2D eigenvalue weighted by molar-refractivity contribution is 5.97. The molecule has 0 saturated carbocycles. The highest BCUT2D eigenvalue weighted by atomic mass is 16.5. The van der Waals surface area contributed by atoms with Gasteiger partial charge in [-0.05, 0) is 62.7 Å². The van der Waals surface area contributed by atoms with Crippen molar-refractivity contribution in [3.63, 3.8) is 0 Å². The van der Waals surface area contributed by atoms with E-state index < -0.39 is 31.4 Å². The van der Waals surface area contributed by atoms with Gasteiger partial charge < -0.3 is 46.0 Å². The van der Waals surface area contributed by atoms with Crippen molar-refractivity contribution in [3.05, 3.63) is 83.4 Å². The Morgan fingerprint density at radius 1 is 1.06 bits per heavy atom. The second-order valence-electron chi connectivity index (χ2n) is 12.6. The monoisotopic (exact) mass is 649 g/mol. The van der Waals surface area contributed by atoms with Crippen molar-refractivity contribution in [2.75, 3.05) is 59.0 Å². The average molecular weight is 650 g/mol. The third-order valence-corrected chi connectivity index (χ3v) is 8.84. The smallest absolute Gasteiger partial charge is 0.251 e. The maximum absolute atomic E-state index is 14.0. The summed E-state index contributed by atoms with van der Waals surface area (Å²) in [5, 5.41) is 45.7. The Kier molecular flexibility index (Phi) is 13.6. The van der Waals surface area contributed by atoms with E-state index in [1.54, 1.807) is 7.11 Å². The lowest BCUT2D eigenvalue weighted by atomic mass is 9.97. The first-order valence-electron chi connectivity index (χ1n) is 16.3. The molecule has 256 valence electrons. The highest BCUT2D eigenvalue weighted by Crippen LogP contribution is 2.37. The molecule has 0 aliphatic carbocycles. The van der Waals surface area contributed by atoms with Crippen molar-refractivity contribution in [2.24, 2.45) is 11.7 Å². The first-order chi connectivity index (χ1) is 22.7. The molecule has 0 bridgehead atoms. The standard InChI is InChI=1S/C36H51N5O6/c1-40(2)20-28(15-24-9-5-4-6-10-24)39-36(46)27-16-26(17-30(18-27)41-14-8-12-29(41)21-42)31-13-7-11-25(34(31)47-3)19-38-35(37)32(22-43)33(45)23-44/h4-7,9-11,13,16-18,28-29,32-33,35,38,42-45H,8,12,14-15,19-23,37H2,1-3H3,(H,39,46). The number of nitrogens with two attached hydrogens (primary N) is 1. The fourth-order valence-corrected chi connectivity index (χ4v) is 6.38. The molecule has 11 nitrogen and oxygen atoms in total. The van der Waals surface area contributed by atoms with Gasteiger partial charge >= 0.3 is 0 Å². The summed E-state index contributed by atoms with van der Waals surface area (Å²) in [4.78, 5) is 18.2. The maximum Gasteiger partial charge on any atom is 0.251 e. The van der Waals surface area contributed by atoms with Crippen LogP contribution in [0.3, 0.4) is 0 Å². The normalized spacial score (nSPS) is 17.4. The molecule has 0 spiro atoms. The fourth-order valence-electron chi connectivity index (χ4n) is 6.38. The van der Waals surface area contributed by atoms with Gasteiger partial charge in [0.2, 0.25) is 0 Å². The van der Waals surface area contributed by atoms with Gasteiger partial charge in [0, 0.05) is 54.0 Å². The fraction of sp³-hybridized carbons (Fsp3) is 0.472. The number of aliphatic hydroxyl groups is 4. The number of nitrogens with zero attached hydrogens (tertiary/aromatic N) is 2. The van der Waals surface area contributed by atoms with E-state index in [2.05, 4.69) is 32.6 Å². The van der Waals surface area contributed by atoms with Gasteiger partial charge in [-0.2, -0.15) is 0 Å². The topological polar surface area (TPSA) is 164 Å². The molecule has 11 heteroatoms. The molecule has 47 heavy (non-hydrogen) atoms. The summed E-state index contributed by atoms with van der Waals surface area (Å²) in [6.07, 6.45) is 0.554. The number of benzene rings is 3.